The third-order valence-corrected chi connectivity index (χ3v) is 3.17. The van der Waals surface area contributed by atoms with Gasteiger partial charge < -0.3 is 14.5 Å². The maximum absolute atomic E-state index is 5.63. The molecule has 0 aliphatic carbocycles. The van der Waals surface area contributed by atoms with Crippen LogP contribution in [0, 0.1) is 0 Å². The number of nitrogens with one attached hydrogen (secondary N) is 1. The van der Waals surface area contributed by atoms with Crippen molar-refractivity contribution in [3.05, 3.63) is 66.4 Å². The van der Waals surface area contributed by atoms with Crippen LogP contribution in [0.1, 0.15) is 5.56 Å². The number of rotatable bonds is 6. The van der Waals surface area contributed by atoms with Crippen LogP contribution in [0.5, 0.6) is 5.75 Å². The average Bonchev–Trinajstić information content (AvgIpc) is 2.91. The molecule has 3 nitrogen and oxygen atoms in total. The molecule has 102 valence electrons. The molecule has 0 fully saturated rings. The quantitative estimate of drug-likeness (QED) is 0.693. The number of hydrogen-bond acceptors (Lipinski definition) is 3. The zero-order valence-electron chi connectivity index (χ0n) is 11.2. The monoisotopic (exact) mass is 267 g/mol. The smallest absolute Gasteiger partial charge is 0.134 e. The first-order valence-electron chi connectivity index (χ1n) is 6.77. The lowest BCUT2D eigenvalue weighted by atomic mass is 10.2. The van der Waals surface area contributed by atoms with Gasteiger partial charge in [0.05, 0.1) is 6.26 Å². The number of furan rings is 1. The van der Waals surface area contributed by atoms with Gasteiger partial charge in [-0.1, -0.05) is 36.4 Å². The molecule has 3 rings (SSSR count). The molecular formula is C17H17NO2. The minimum absolute atomic E-state index is 0.653. The molecule has 0 radical (unpaired) electrons. The maximum Gasteiger partial charge on any atom is 0.134 e. The van der Waals surface area contributed by atoms with Gasteiger partial charge in [0, 0.05) is 24.0 Å². The van der Waals surface area contributed by atoms with Crippen LogP contribution in [0.2, 0.25) is 0 Å². The lowest BCUT2D eigenvalue weighted by molar-refractivity contribution is 0.313. The van der Waals surface area contributed by atoms with Crippen molar-refractivity contribution in [2.75, 3.05) is 13.2 Å². The zero-order valence-corrected chi connectivity index (χ0v) is 11.2. The van der Waals surface area contributed by atoms with E-state index in [1.54, 1.807) is 0 Å². The van der Waals surface area contributed by atoms with Crippen molar-refractivity contribution in [2.45, 2.75) is 6.54 Å². The van der Waals surface area contributed by atoms with Crippen molar-refractivity contribution in [3.63, 3.8) is 0 Å². The molecule has 2 aromatic carbocycles. The fraction of sp³-hybridized carbons (Fsp3) is 0.176. The van der Waals surface area contributed by atoms with E-state index in [9.17, 15) is 0 Å². The highest BCUT2D eigenvalue weighted by atomic mass is 16.5. The second-order valence-electron chi connectivity index (χ2n) is 4.60. The maximum atomic E-state index is 5.63. The Balaban J connectivity index is 1.46. The zero-order chi connectivity index (χ0) is 13.6. The lowest BCUT2D eigenvalue weighted by Crippen LogP contribution is -2.20. The van der Waals surface area contributed by atoms with Crippen LogP contribution >= 0.6 is 0 Å². The highest BCUT2D eigenvalue weighted by molar-refractivity contribution is 5.80. The molecule has 0 spiro atoms. The van der Waals surface area contributed by atoms with E-state index in [-0.39, 0.29) is 0 Å². The number of fused-ring (bicyclic) bond motifs is 1. The second-order valence-corrected chi connectivity index (χ2v) is 4.60. The van der Waals surface area contributed by atoms with Crippen molar-refractivity contribution >= 4 is 11.0 Å². The van der Waals surface area contributed by atoms with E-state index < -0.39 is 0 Å². The first-order chi connectivity index (χ1) is 9.93. The molecule has 0 amide bonds. The summed E-state index contributed by atoms with van der Waals surface area (Å²) in [5.41, 5.74) is 2.12. The molecule has 0 atom stereocenters. The Bertz CT molecular complexity index is 661. The van der Waals surface area contributed by atoms with Gasteiger partial charge >= 0.3 is 0 Å². The Hall–Kier alpha value is -2.26. The molecule has 1 aromatic heterocycles. The van der Waals surface area contributed by atoms with E-state index in [0.717, 1.165) is 24.4 Å². The van der Waals surface area contributed by atoms with E-state index in [1.807, 2.05) is 54.8 Å². The summed E-state index contributed by atoms with van der Waals surface area (Å²) in [6.07, 6.45) is 1.82. The predicted octanol–water partition coefficient (Wildman–Crippen LogP) is 3.60. The van der Waals surface area contributed by atoms with E-state index in [1.165, 1.54) is 10.9 Å². The van der Waals surface area contributed by atoms with Crippen molar-refractivity contribution in [1.82, 2.24) is 5.32 Å². The Labute approximate surface area is 118 Å². The summed E-state index contributed by atoms with van der Waals surface area (Å²) in [6, 6.07) is 17.9. The van der Waals surface area contributed by atoms with Crippen molar-refractivity contribution < 1.29 is 9.15 Å². The molecule has 0 bridgehead atoms. The lowest BCUT2D eigenvalue weighted by Gasteiger charge is -2.06. The van der Waals surface area contributed by atoms with Gasteiger partial charge in [-0.25, -0.2) is 0 Å². The van der Waals surface area contributed by atoms with Gasteiger partial charge in [0.15, 0.2) is 0 Å². The summed E-state index contributed by atoms with van der Waals surface area (Å²) in [6.45, 7) is 2.24. The molecule has 1 N–H and O–H groups in total. The van der Waals surface area contributed by atoms with Crippen LogP contribution in [-0.2, 0) is 6.54 Å². The van der Waals surface area contributed by atoms with Gasteiger partial charge in [-0.05, 0) is 18.2 Å². The summed E-state index contributed by atoms with van der Waals surface area (Å²) in [5, 5.41) is 4.54. The van der Waals surface area contributed by atoms with E-state index in [4.69, 9.17) is 9.15 Å². The first kappa shape index (κ1) is 12.8. The van der Waals surface area contributed by atoms with Crippen molar-refractivity contribution in [3.8, 4) is 5.75 Å². The Morgan fingerprint density at radius 2 is 1.75 bits per heavy atom. The largest absolute Gasteiger partial charge is 0.492 e. The number of hydrogen-bond donors (Lipinski definition) is 1. The summed E-state index contributed by atoms with van der Waals surface area (Å²) in [5.74, 6) is 0.906. The summed E-state index contributed by atoms with van der Waals surface area (Å²) in [4.78, 5) is 0. The Morgan fingerprint density at radius 1 is 0.950 bits per heavy atom. The molecule has 3 aromatic rings. The summed E-state index contributed by atoms with van der Waals surface area (Å²) in [7, 11) is 0. The van der Waals surface area contributed by atoms with Crippen LogP contribution < -0.4 is 10.1 Å². The molecule has 20 heavy (non-hydrogen) atoms. The molecule has 0 saturated carbocycles. The molecule has 1 heterocycles. The van der Waals surface area contributed by atoms with Crippen molar-refractivity contribution in [2.24, 2.45) is 0 Å². The van der Waals surface area contributed by atoms with E-state index >= 15 is 0 Å². The number of ether oxygens (including phenoxy) is 1. The normalized spacial score (nSPS) is 10.8. The van der Waals surface area contributed by atoms with E-state index in [2.05, 4.69) is 11.4 Å². The fourth-order valence-electron chi connectivity index (χ4n) is 2.15. The standard InChI is InChI=1S/C17H17NO2/c1-2-6-15(7-3-1)19-11-10-18-12-14-13-20-17-9-5-4-8-16(14)17/h1-9,13,18H,10-12H2. The topological polar surface area (TPSA) is 34.4 Å². The molecule has 0 aliphatic heterocycles. The van der Waals surface area contributed by atoms with Gasteiger partial charge in [0.2, 0.25) is 0 Å². The van der Waals surface area contributed by atoms with Crippen LogP contribution in [0.3, 0.4) is 0 Å². The van der Waals surface area contributed by atoms with Gasteiger partial charge in [-0.2, -0.15) is 0 Å². The van der Waals surface area contributed by atoms with Crippen LogP contribution in [0.4, 0.5) is 0 Å². The third-order valence-electron chi connectivity index (χ3n) is 3.17. The summed E-state index contributed by atoms with van der Waals surface area (Å²) >= 11 is 0. The molecule has 0 saturated heterocycles. The number of para-hydroxylation sites is 2. The number of benzene rings is 2. The SMILES string of the molecule is c1ccc(OCCNCc2coc3ccccc23)cc1. The molecule has 0 aliphatic rings. The Kier molecular flexibility index (Phi) is 3.99. The molecular weight excluding hydrogens is 250 g/mol. The van der Waals surface area contributed by atoms with E-state index in [0.29, 0.717) is 6.61 Å². The van der Waals surface area contributed by atoms with Gasteiger partial charge in [0.1, 0.15) is 17.9 Å². The first-order valence-corrected chi connectivity index (χ1v) is 6.77. The molecule has 0 unspecified atom stereocenters. The summed E-state index contributed by atoms with van der Waals surface area (Å²) < 4.78 is 11.1. The minimum atomic E-state index is 0.653. The van der Waals surface area contributed by atoms with Gasteiger partial charge in [0.25, 0.3) is 0 Å². The Morgan fingerprint density at radius 3 is 2.65 bits per heavy atom. The minimum Gasteiger partial charge on any atom is -0.492 e. The average molecular weight is 267 g/mol. The predicted molar refractivity (Wildman–Crippen MR) is 79.9 cm³/mol. The van der Waals surface area contributed by atoms with Crippen LogP contribution in [0.25, 0.3) is 11.0 Å². The van der Waals surface area contributed by atoms with Crippen LogP contribution in [-0.4, -0.2) is 13.2 Å². The second kappa shape index (κ2) is 6.26. The fourth-order valence-corrected chi connectivity index (χ4v) is 2.15. The molecule has 3 heteroatoms. The van der Waals surface area contributed by atoms with Crippen LogP contribution in [0.15, 0.2) is 65.3 Å². The third kappa shape index (κ3) is 3.00. The van der Waals surface area contributed by atoms with Gasteiger partial charge in [-0.15, -0.1) is 0 Å². The highest BCUT2D eigenvalue weighted by Gasteiger charge is 2.03. The van der Waals surface area contributed by atoms with Crippen molar-refractivity contribution in [1.29, 1.82) is 0 Å². The van der Waals surface area contributed by atoms with Gasteiger partial charge in [-0.3, -0.25) is 0 Å². The highest BCUT2D eigenvalue weighted by Crippen LogP contribution is 2.20.